The molecule has 0 saturated carbocycles. The summed E-state index contributed by atoms with van der Waals surface area (Å²) in [6, 6.07) is 20.2. The number of hydrogen-bond donors (Lipinski definition) is 2. The first kappa shape index (κ1) is 23.5. The Balaban J connectivity index is 1.69. The number of hydrogen-bond acceptors (Lipinski definition) is 3. The SMILES string of the molecule is CC(c1cccc(C(F)(F)F)c1)c1cc2cccc(-c3cccc(C(=O)NCC(N)=O)c3)c2s1. The predicted octanol–water partition coefficient (Wildman–Crippen LogP) is 5.95. The van der Waals surface area contributed by atoms with Crippen molar-refractivity contribution >= 4 is 33.2 Å². The van der Waals surface area contributed by atoms with Crippen molar-refractivity contribution < 1.29 is 22.8 Å². The van der Waals surface area contributed by atoms with Crippen molar-refractivity contribution in [1.82, 2.24) is 5.32 Å². The number of carbonyl (C=O) groups excluding carboxylic acids is 2. The van der Waals surface area contributed by atoms with Crippen LogP contribution in [-0.2, 0) is 11.0 Å². The van der Waals surface area contributed by atoms with Gasteiger partial charge in [-0.15, -0.1) is 11.3 Å². The van der Waals surface area contributed by atoms with Crippen LogP contribution in [0.25, 0.3) is 21.2 Å². The molecule has 0 saturated heterocycles. The van der Waals surface area contributed by atoms with E-state index in [1.54, 1.807) is 24.3 Å². The molecule has 0 radical (unpaired) electrons. The van der Waals surface area contributed by atoms with Gasteiger partial charge in [-0.05, 0) is 46.3 Å². The summed E-state index contributed by atoms with van der Waals surface area (Å²) in [6.07, 6.45) is -4.39. The Hall–Kier alpha value is -3.65. The van der Waals surface area contributed by atoms with Gasteiger partial charge in [0.2, 0.25) is 5.91 Å². The van der Waals surface area contributed by atoms with Crippen molar-refractivity contribution in [2.24, 2.45) is 5.73 Å². The fourth-order valence-corrected chi connectivity index (χ4v) is 5.04. The van der Waals surface area contributed by atoms with Crippen LogP contribution in [0.1, 0.15) is 39.2 Å². The number of alkyl halides is 3. The second kappa shape index (κ2) is 9.30. The van der Waals surface area contributed by atoms with Crippen LogP contribution in [0.15, 0.2) is 72.8 Å². The molecule has 0 fully saturated rings. The third-order valence-electron chi connectivity index (χ3n) is 5.56. The Morgan fingerprint density at radius 3 is 2.47 bits per heavy atom. The van der Waals surface area contributed by atoms with Crippen molar-refractivity contribution in [2.75, 3.05) is 6.54 Å². The minimum Gasteiger partial charge on any atom is -0.368 e. The maximum atomic E-state index is 13.2. The zero-order valence-corrected chi connectivity index (χ0v) is 19.0. The molecule has 1 atom stereocenters. The van der Waals surface area contributed by atoms with Gasteiger partial charge in [0.15, 0.2) is 0 Å². The van der Waals surface area contributed by atoms with Gasteiger partial charge in [0.1, 0.15) is 0 Å². The summed E-state index contributed by atoms with van der Waals surface area (Å²) in [5.74, 6) is -1.26. The fourth-order valence-electron chi connectivity index (χ4n) is 3.77. The Morgan fingerprint density at radius 1 is 1.00 bits per heavy atom. The molecular weight excluding hydrogens is 461 g/mol. The summed E-state index contributed by atoms with van der Waals surface area (Å²) in [6.45, 7) is 1.64. The van der Waals surface area contributed by atoms with Gasteiger partial charge in [0, 0.05) is 21.1 Å². The van der Waals surface area contributed by atoms with Gasteiger partial charge in [-0.1, -0.05) is 55.5 Å². The van der Waals surface area contributed by atoms with Crippen LogP contribution >= 0.6 is 11.3 Å². The fraction of sp³-hybridized carbons (Fsp3) is 0.154. The predicted molar refractivity (Wildman–Crippen MR) is 128 cm³/mol. The molecule has 0 aliphatic carbocycles. The van der Waals surface area contributed by atoms with Gasteiger partial charge in [0.25, 0.3) is 5.91 Å². The van der Waals surface area contributed by atoms with Crippen LogP contribution in [0.2, 0.25) is 0 Å². The summed E-state index contributed by atoms with van der Waals surface area (Å²) in [7, 11) is 0. The topological polar surface area (TPSA) is 72.2 Å². The van der Waals surface area contributed by atoms with E-state index in [0.717, 1.165) is 32.2 Å². The van der Waals surface area contributed by atoms with Crippen LogP contribution in [0.4, 0.5) is 13.2 Å². The van der Waals surface area contributed by atoms with E-state index in [1.165, 1.54) is 23.5 Å². The van der Waals surface area contributed by atoms with E-state index in [-0.39, 0.29) is 12.5 Å². The number of fused-ring (bicyclic) bond motifs is 1. The second-order valence-electron chi connectivity index (χ2n) is 7.95. The molecule has 0 aliphatic rings. The lowest BCUT2D eigenvalue weighted by Crippen LogP contribution is -2.33. The smallest absolute Gasteiger partial charge is 0.368 e. The molecule has 174 valence electrons. The van der Waals surface area contributed by atoms with E-state index >= 15 is 0 Å². The van der Waals surface area contributed by atoms with E-state index < -0.39 is 23.6 Å². The van der Waals surface area contributed by atoms with E-state index in [9.17, 15) is 22.8 Å². The summed E-state index contributed by atoms with van der Waals surface area (Å²) in [4.78, 5) is 24.2. The van der Waals surface area contributed by atoms with Crippen molar-refractivity contribution in [3.8, 4) is 11.1 Å². The van der Waals surface area contributed by atoms with Gasteiger partial charge in [-0.2, -0.15) is 13.2 Å². The van der Waals surface area contributed by atoms with Gasteiger partial charge < -0.3 is 11.1 Å². The highest BCUT2D eigenvalue weighted by Gasteiger charge is 2.31. The highest BCUT2D eigenvalue weighted by molar-refractivity contribution is 7.19. The second-order valence-corrected chi connectivity index (χ2v) is 9.03. The van der Waals surface area contributed by atoms with Crippen LogP contribution in [-0.4, -0.2) is 18.4 Å². The molecule has 1 heterocycles. The highest BCUT2D eigenvalue weighted by Crippen LogP contribution is 2.40. The molecule has 8 heteroatoms. The van der Waals surface area contributed by atoms with Crippen LogP contribution < -0.4 is 11.1 Å². The normalized spacial score (nSPS) is 12.5. The number of benzene rings is 3. The van der Waals surface area contributed by atoms with Crippen molar-refractivity contribution in [1.29, 1.82) is 0 Å². The lowest BCUT2D eigenvalue weighted by atomic mass is 9.96. The largest absolute Gasteiger partial charge is 0.416 e. The lowest BCUT2D eigenvalue weighted by Gasteiger charge is -2.13. The van der Waals surface area contributed by atoms with E-state index in [0.29, 0.717) is 11.1 Å². The first-order chi connectivity index (χ1) is 16.1. The quantitative estimate of drug-likeness (QED) is 0.356. The zero-order valence-electron chi connectivity index (χ0n) is 18.1. The number of thiophene rings is 1. The van der Waals surface area contributed by atoms with Crippen molar-refractivity contribution in [2.45, 2.75) is 19.0 Å². The van der Waals surface area contributed by atoms with Crippen LogP contribution in [0.3, 0.4) is 0 Å². The maximum absolute atomic E-state index is 13.2. The third-order valence-corrected chi connectivity index (χ3v) is 6.93. The van der Waals surface area contributed by atoms with Gasteiger partial charge in [-0.3, -0.25) is 9.59 Å². The summed E-state index contributed by atoms with van der Waals surface area (Å²) in [5.41, 5.74) is 7.15. The first-order valence-corrected chi connectivity index (χ1v) is 11.3. The Kier molecular flexibility index (Phi) is 6.43. The minimum absolute atomic E-state index is 0.224. The van der Waals surface area contributed by atoms with E-state index in [4.69, 9.17) is 5.73 Å². The molecule has 2 amide bonds. The van der Waals surface area contributed by atoms with Crippen molar-refractivity contribution in [3.05, 3.63) is 94.4 Å². The third kappa shape index (κ3) is 4.97. The van der Waals surface area contributed by atoms with Gasteiger partial charge in [-0.25, -0.2) is 0 Å². The van der Waals surface area contributed by atoms with Crippen LogP contribution in [0.5, 0.6) is 0 Å². The number of carbonyl (C=O) groups is 2. The standard InChI is InChI=1S/C26H21F3N2O2S/c1-15(16-5-3-9-20(12-16)26(27,28)29)22-13-18-7-4-10-21(24(18)34-22)17-6-2-8-19(11-17)25(33)31-14-23(30)32/h2-13,15H,14H2,1H3,(H2,30,32)(H,31,33). The Labute approximate surface area is 198 Å². The number of nitrogens with two attached hydrogens (primary N) is 1. The number of primary amides is 1. The van der Waals surface area contributed by atoms with Gasteiger partial charge >= 0.3 is 6.18 Å². The molecule has 3 aromatic carbocycles. The molecule has 0 bridgehead atoms. The van der Waals surface area contributed by atoms with Gasteiger partial charge in [0.05, 0.1) is 12.1 Å². The maximum Gasteiger partial charge on any atom is 0.416 e. The molecule has 3 N–H and O–H groups in total. The first-order valence-electron chi connectivity index (χ1n) is 10.5. The number of rotatable bonds is 6. The molecule has 4 rings (SSSR count). The molecule has 0 spiro atoms. The highest BCUT2D eigenvalue weighted by atomic mass is 32.1. The number of halogens is 3. The molecule has 0 aliphatic heterocycles. The molecule has 1 unspecified atom stereocenters. The minimum atomic E-state index is -4.39. The number of nitrogens with one attached hydrogen (secondary N) is 1. The molecule has 4 nitrogen and oxygen atoms in total. The number of amides is 2. The molecule has 1 aromatic heterocycles. The zero-order chi connectivity index (χ0) is 24.5. The van der Waals surface area contributed by atoms with Crippen LogP contribution in [0, 0.1) is 0 Å². The lowest BCUT2D eigenvalue weighted by molar-refractivity contribution is -0.137. The summed E-state index contributed by atoms with van der Waals surface area (Å²) >= 11 is 1.52. The average molecular weight is 483 g/mol. The molecule has 34 heavy (non-hydrogen) atoms. The van der Waals surface area contributed by atoms with Crippen molar-refractivity contribution in [3.63, 3.8) is 0 Å². The molecular formula is C26H21F3N2O2S. The van der Waals surface area contributed by atoms with E-state index in [2.05, 4.69) is 5.32 Å². The molecule has 4 aromatic rings. The Morgan fingerprint density at radius 2 is 1.74 bits per heavy atom. The Bertz CT molecular complexity index is 1380. The summed E-state index contributed by atoms with van der Waals surface area (Å²) < 4.78 is 40.5. The van der Waals surface area contributed by atoms with E-state index in [1.807, 2.05) is 37.3 Å². The average Bonchev–Trinajstić information content (AvgIpc) is 3.26. The monoisotopic (exact) mass is 482 g/mol. The summed E-state index contributed by atoms with van der Waals surface area (Å²) in [5, 5.41) is 3.45.